The molecule has 0 aromatic rings. The molecule has 17 heavy (non-hydrogen) atoms. The Balaban J connectivity index is 3.84. The number of halogens is 1. The number of nitrogens with two attached hydrogens (primary N) is 1. The van der Waals surface area contributed by atoms with Crippen molar-refractivity contribution in [2.45, 2.75) is 25.1 Å². The second kappa shape index (κ2) is 9.18. The van der Waals surface area contributed by atoms with Gasteiger partial charge in [0.1, 0.15) is 11.4 Å². The molecule has 98 valence electrons. The second-order valence-corrected chi connectivity index (χ2v) is 4.76. The maximum Gasteiger partial charge on any atom is 0.333 e. The summed E-state index contributed by atoms with van der Waals surface area (Å²) in [6.45, 7) is 4.09. The van der Waals surface area contributed by atoms with Crippen molar-refractivity contribution in [1.29, 1.82) is 0 Å². The van der Waals surface area contributed by atoms with Crippen LogP contribution in [0.2, 0.25) is 0 Å². The molecular formula is C11H18BrNO4. The number of carbonyl (C=O) groups is 2. The fourth-order valence-corrected chi connectivity index (χ4v) is 1.03. The van der Waals surface area contributed by atoms with E-state index in [1.165, 1.54) is 0 Å². The lowest BCUT2D eigenvalue weighted by atomic mass is 10.2. The number of hydrogen-bond acceptors (Lipinski definition) is 5. The molecule has 0 aromatic heterocycles. The molecule has 1 atom stereocenters. The number of esters is 2. The smallest absolute Gasteiger partial charge is 0.333 e. The Morgan fingerprint density at radius 3 is 2.53 bits per heavy atom. The lowest BCUT2D eigenvalue weighted by Gasteiger charge is -2.05. The van der Waals surface area contributed by atoms with Gasteiger partial charge in [0.15, 0.2) is 0 Å². The van der Waals surface area contributed by atoms with E-state index in [0.717, 1.165) is 0 Å². The SMILES string of the molecule is CC(=CCCOC(=O)C(C)Br)C(=O)OCCN. The Kier molecular flexibility index (Phi) is 8.71. The van der Waals surface area contributed by atoms with E-state index >= 15 is 0 Å². The van der Waals surface area contributed by atoms with Crippen LogP contribution in [0.5, 0.6) is 0 Å². The molecule has 0 heterocycles. The van der Waals surface area contributed by atoms with Crippen LogP contribution in [-0.4, -0.2) is 36.5 Å². The molecule has 2 N–H and O–H groups in total. The highest BCUT2D eigenvalue weighted by atomic mass is 79.9. The van der Waals surface area contributed by atoms with Gasteiger partial charge in [-0.1, -0.05) is 22.0 Å². The van der Waals surface area contributed by atoms with E-state index in [2.05, 4.69) is 15.9 Å². The minimum atomic E-state index is -0.393. The van der Waals surface area contributed by atoms with Gasteiger partial charge in [-0.15, -0.1) is 0 Å². The highest BCUT2D eigenvalue weighted by molar-refractivity contribution is 9.10. The quantitative estimate of drug-likeness (QED) is 0.330. The predicted molar refractivity (Wildman–Crippen MR) is 67.7 cm³/mol. The molecule has 0 saturated carbocycles. The third-order valence-corrected chi connectivity index (χ3v) is 2.18. The summed E-state index contributed by atoms with van der Waals surface area (Å²) in [4.78, 5) is 22.0. The Hall–Kier alpha value is -0.880. The van der Waals surface area contributed by atoms with E-state index in [1.54, 1.807) is 19.9 Å². The van der Waals surface area contributed by atoms with Gasteiger partial charge in [-0.25, -0.2) is 4.79 Å². The molecular weight excluding hydrogens is 290 g/mol. The van der Waals surface area contributed by atoms with Gasteiger partial charge in [-0.2, -0.15) is 0 Å². The van der Waals surface area contributed by atoms with Crippen LogP contribution < -0.4 is 5.73 Å². The van der Waals surface area contributed by atoms with Gasteiger partial charge >= 0.3 is 11.9 Å². The summed E-state index contributed by atoms with van der Waals surface area (Å²) in [7, 11) is 0. The zero-order valence-corrected chi connectivity index (χ0v) is 11.7. The first-order valence-corrected chi connectivity index (χ1v) is 6.25. The van der Waals surface area contributed by atoms with Crippen LogP contribution in [0.15, 0.2) is 11.6 Å². The van der Waals surface area contributed by atoms with Crippen LogP contribution in [0.3, 0.4) is 0 Å². The lowest BCUT2D eigenvalue weighted by Crippen LogP contribution is -2.15. The maximum absolute atomic E-state index is 11.3. The molecule has 0 fully saturated rings. The number of hydrogen-bond donors (Lipinski definition) is 1. The van der Waals surface area contributed by atoms with Gasteiger partial charge < -0.3 is 15.2 Å². The highest BCUT2D eigenvalue weighted by Gasteiger charge is 2.09. The van der Waals surface area contributed by atoms with E-state index in [4.69, 9.17) is 15.2 Å². The van der Waals surface area contributed by atoms with Crippen molar-refractivity contribution in [2.75, 3.05) is 19.8 Å². The van der Waals surface area contributed by atoms with Crippen molar-refractivity contribution in [3.05, 3.63) is 11.6 Å². The molecule has 0 rings (SSSR count). The molecule has 0 aromatic carbocycles. The van der Waals surface area contributed by atoms with E-state index in [1.807, 2.05) is 0 Å². The Morgan fingerprint density at radius 1 is 1.35 bits per heavy atom. The first kappa shape index (κ1) is 16.1. The Labute approximate surface area is 109 Å². The summed E-state index contributed by atoms with van der Waals surface area (Å²) < 4.78 is 9.73. The first-order chi connectivity index (χ1) is 7.99. The van der Waals surface area contributed by atoms with Crippen molar-refractivity contribution >= 4 is 27.9 Å². The molecule has 0 spiro atoms. The Morgan fingerprint density at radius 2 is 2.00 bits per heavy atom. The van der Waals surface area contributed by atoms with Gasteiger partial charge in [-0.3, -0.25) is 4.79 Å². The maximum atomic E-state index is 11.3. The minimum Gasteiger partial charge on any atom is -0.465 e. The largest absolute Gasteiger partial charge is 0.465 e. The van der Waals surface area contributed by atoms with Gasteiger partial charge in [-0.05, 0) is 13.8 Å². The molecule has 5 nitrogen and oxygen atoms in total. The van der Waals surface area contributed by atoms with Crippen molar-refractivity contribution in [3.8, 4) is 0 Å². The van der Waals surface area contributed by atoms with Gasteiger partial charge in [0, 0.05) is 18.5 Å². The van der Waals surface area contributed by atoms with Crippen molar-refractivity contribution in [3.63, 3.8) is 0 Å². The molecule has 6 heteroatoms. The van der Waals surface area contributed by atoms with Crippen LogP contribution in [-0.2, 0) is 19.1 Å². The summed E-state index contributed by atoms with van der Waals surface area (Å²) in [5.41, 5.74) is 5.69. The monoisotopic (exact) mass is 307 g/mol. The molecule has 0 aliphatic carbocycles. The Bertz CT molecular complexity index is 289. The van der Waals surface area contributed by atoms with E-state index in [-0.39, 0.29) is 24.0 Å². The van der Waals surface area contributed by atoms with Gasteiger partial charge in [0.2, 0.25) is 0 Å². The van der Waals surface area contributed by atoms with Crippen molar-refractivity contribution < 1.29 is 19.1 Å². The molecule has 0 bridgehead atoms. The molecule has 0 saturated heterocycles. The average Bonchev–Trinajstić information content (AvgIpc) is 2.30. The minimum absolute atomic E-state index is 0.208. The van der Waals surface area contributed by atoms with Crippen LogP contribution >= 0.6 is 15.9 Å². The van der Waals surface area contributed by atoms with Crippen molar-refractivity contribution in [2.24, 2.45) is 5.73 Å². The standard InChI is InChI=1S/C11H18BrNO4/c1-8(10(14)17-7-5-13)4-3-6-16-11(15)9(2)12/h4,9H,3,5-7,13H2,1-2H3. The molecule has 0 aliphatic rings. The summed E-state index contributed by atoms with van der Waals surface area (Å²) in [5.74, 6) is -0.711. The zero-order chi connectivity index (χ0) is 13.3. The van der Waals surface area contributed by atoms with E-state index in [9.17, 15) is 9.59 Å². The number of ether oxygens (including phenoxy) is 2. The van der Waals surface area contributed by atoms with Crippen LogP contribution in [0.25, 0.3) is 0 Å². The third-order valence-electron chi connectivity index (χ3n) is 1.81. The summed E-state index contributed by atoms with van der Waals surface area (Å²) in [6.07, 6.45) is 2.15. The number of carbonyl (C=O) groups excluding carboxylic acids is 2. The summed E-state index contributed by atoms with van der Waals surface area (Å²) in [5, 5.41) is 0. The topological polar surface area (TPSA) is 78.6 Å². The normalized spacial score (nSPS) is 13.1. The van der Waals surface area contributed by atoms with Crippen LogP contribution in [0.1, 0.15) is 20.3 Å². The molecule has 0 aliphatic heterocycles. The summed E-state index contributed by atoms with van der Waals surface area (Å²) >= 11 is 3.10. The fourth-order valence-electron chi connectivity index (χ4n) is 0.899. The van der Waals surface area contributed by atoms with Gasteiger partial charge in [0.05, 0.1) is 6.61 Å². The van der Waals surface area contributed by atoms with Crippen LogP contribution in [0, 0.1) is 0 Å². The highest BCUT2D eigenvalue weighted by Crippen LogP contribution is 2.02. The second-order valence-electron chi connectivity index (χ2n) is 3.38. The summed E-state index contributed by atoms with van der Waals surface area (Å²) in [6, 6.07) is 0. The number of rotatable bonds is 7. The van der Waals surface area contributed by atoms with Crippen LogP contribution in [0.4, 0.5) is 0 Å². The predicted octanol–water partition coefficient (Wildman–Crippen LogP) is 1.15. The van der Waals surface area contributed by atoms with E-state index < -0.39 is 5.97 Å². The van der Waals surface area contributed by atoms with Crippen molar-refractivity contribution in [1.82, 2.24) is 0 Å². The lowest BCUT2D eigenvalue weighted by molar-refractivity contribution is -0.142. The first-order valence-electron chi connectivity index (χ1n) is 5.33. The molecule has 0 radical (unpaired) electrons. The van der Waals surface area contributed by atoms with Gasteiger partial charge in [0.25, 0.3) is 0 Å². The molecule has 0 amide bonds. The van der Waals surface area contributed by atoms with E-state index in [0.29, 0.717) is 18.5 Å². The third kappa shape index (κ3) is 7.93. The molecule has 1 unspecified atom stereocenters. The average molecular weight is 308 g/mol. The number of alkyl halides is 1. The zero-order valence-electron chi connectivity index (χ0n) is 10.1. The fraction of sp³-hybridized carbons (Fsp3) is 0.636.